The molecule has 0 saturated carbocycles. The largest absolute Gasteiger partial charge is 0.394 e. The summed E-state index contributed by atoms with van der Waals surface area (Å²) in [5.41, 5.74) is 0.878. The van der Waals surface area contributed by atoms with Gasteiger partial charge in [0.2, 0.25) is 5.95 Å². The van der Waals surface area contributed by atoms with Crippen LogP contribution in [0, 0.1) is 6.92 Å². The SMILES string of the molecule is Cc1cnc(N2CCCC[C@H]2CO)nc1Cl. The lowest BCUT2D eigenvalue weighted by Gasteiger charge is -2.34. The molecule has 1 fully saturated rings. The molecule has 1 atom stereocenters. The molecule has 4 nitrogen and oxygen atoms in total. The van der Waals surface area contributed by atoms with Crippen molar-refractivity contribution >= 4 is 17.5 Å². The molecule has 1 aliphatic rings. The number of anilines is 1. The minimum atomic E-state index is 0.132. The summed E-state index contributed by atoms with van der Waals surface area (Å²) in [7, 11) is 0. The number of aryl methyl sites for hydroxylation is 1. The molecule has 0 unspecified atom stereocenters. The number of halogens is 1. The van der Waals surface area contributed by atoms with Crippen molar-refractivity contribution in [3.05, 3.63) is 16.9 Å². The van der Waals surface area contributed by atoms with Crippen LogP contribution in [0.15, 0.2) is 6.20 Å². The zero-order chi connectivity index (χ0) is 11.5. The molecule has 5 heteroatoms. The Morgan fingerprint density at radius 3 is 3.06 bits per heavy atom. The maximum absolute atomic E-state index is 9.32. The van der Waals surface area contributed by atoms with Crippen LogP contribution in [-0.4, -0.2) is 34.3 Å². The molecular formula is C11H16ClN3O. The number of rotatable bonds is 2. The fourth-order valence-corrected chi connectivity index (χ4v) is 2.13. The average molecular weight is 242 g/mol. The van der Waals surface area contributed by atoms with Gasteiger partial charge < -0.3 is 10.0 Å². The molecule has 0 radical (unpaired) electrons. The molecule has 2 rings (SSSR count). The van der Waals surface area contributed by atoms with E-state index in [-0.39, 0.29) is 12.6 Å². The standard InChI is InChI=1S/C11H16ClN3O/c1-8-6-13-11(14-10(8)12)15-5-3-2-4-9(15)7-16/h6,9,16H,2-5,7H2,1H3/t9-/m0/s1. The third kappa shape index (κ3) is 2.28. The molecule has 16 heavy (non-hydrogen) atoms. The van der Waals surface area contributed by atoms with Crippen molar-refractivity contribution in [3.8, 4) is 0 Å². The van der Waals surface area contributed by atoms with Gasteiger partial charge in [0.05, 0.1) is 12.6 Å². The number of piperidine rings is 1. The number of aromatic nitrogens is 2. The molecule has 1 aliphatic heterocycles. The van der Waals surface area contributed by atoms with E-state index in [1.807, 2.05) is 6.92 Å². The summed E-state index contributed by atoms with van der Waals surface area (Å²) in [6.45, 7) is 2.92. The van der Waals surface area contributed by atoms with Crippen LogP contribution in [0.2, 0.25) is 5.15 Å². The van der Waals surface area contributed by atoms with Crippen LogP contribution in [0.5, 0.6) is 0 Å². The van der Waals surface area contributed by atoms with Gasteiger partial charge in [0.1, 0.15) is 5.15 Å². The van der Waals surface area contributed by atoms with Crippen LogP contribution in [0.1, 0.15) is 24.8 Å². The van der Waals surface area contributed by atoms with Crippen molar-refractivity contribution in [1.29, 1.82) is 0 Å². The molecule has 1 N–H and O–H groups in total. The predicted octanol–water partition coefficient (Wildman–Crippen LogP) is 1.79. The Kier molecular flexibility index (Phi) is 3.61. The third-order valence-electron chi connectivity index (χ3n) is 2.99. The highest BCUT2D eigenvalue weighted by atomic mass is 35.5. The first-order valence-electron chi connectivity index (χ1n) is 5.59. The van der Waals surface area contributed by atoms with Crippen molar-refractivity contribution in [2.24, 2.45) is 0 Å². The molecule has 0 amide bonds. The lowest BCUT2D eigenvalue weighted by molar-refractivity contribution is 0.239. The lowest BCUT2D eigenvalue weighted by atomic mass is 10.0. The molecule has 0 spiro atoms. The van der Waals surface area contributed by atoms with Crippen LogP contribution < -0.4 is 4.90 Å². The fourth-order valence-electron chi connectivity index (χ4n) is 2.00. The smallest absolute Gasteiger partial charge is 0.227 e. The summed E-state index contributed by atoms with van der Waals surface area (Å²) < 4.78 is 0. The first-order chi connectivity index (χ1) is 7.72. The zero-order valence-electron chi connectivity index (χ0n) is 9.36. The predicted molar refractivity (Wildman–Crippen MR) is 63.8 cm³/mol. The second kappa shape index (κ2) is 4.97. The van der Waals surface area contributed by atoms with Crippen molar-refractivity contribution in [2.45, 2.75) is 32.2 Å². The monoisotopic (exact) mass is 241 g/mol. The van der Waals surface area contributed by atoms with E-state index in [4.69, 9.17) is 11.6 Å². The van der Waals surface area contributed by atoms with Crippen LogP contribution in [0.4, 0.5) is 5.95 Å². The Hall–Kier alpha value is -0.870. The average Bonchev–Trinajstić information content (AvgIpc) is 2.32. The highest BCUT2D eigenvalue weighted by Crippen LogP contribution is 2.23. The van der Waals surface area contributed by atoms with Crippen LogP contribution in [-0.2, 0) is 0 Å². The van der Waals surface area contributed by atoms with E-state index >= 15 is 0 Å². The van der Waals surface area contributed by atoms with Crippen molar-refractivity contribution in [2.75, 3.05) is 18.1 Å². The van der Waals surface area contributed by atoms with Gasteiger partial charge in [0, 0.05) is 18.3 Å². The summed E-state index contributed by atoms with van der Waals surface area (Å²) in [5, 5.41) is 9.81. The molecule has 1 saturated heterocycles. The Labute approximate surface area is 100 Å². The van der Waals surface area contributed by atoms with E-state index in [9.17, 15) is 5.11 Å². The lowest BCUT2D eigenvalue weighted by Crippen LogP contribution is -2.42. The van der Waals surface area contributed by atoms with Gasteiger partial charge in [0.25, 0.3) is 0 Å². The van der Waals surface area contributed by atoms with Gasteiger partial charge in [-0.05, 0) is 26.2 Å². The number of hydrogen-bond donors (Lipinski definition) is 1. The molecule has 88 valence electrons. The van der Waals surface area contributed by atoms with E-state index in [0.717, 1.165) is 31.4 Å². The summed E-state index contributed by atoms with van der Waals surface area (Å²) in [6.07, 6.45) is 4.99. The minimum Gasteiger partial charge on any atom is -0.394 e. The van der Waals surface area contributed by atoms with Gasteiger partial charge in [-0.15, -0.1) is 0 Å². The van der Waals surface area contributed by atoms with E-state index in [1.54, 1.807) is 6.20 Å². The molecule has 1 aromatic heterocycles. The second-order valence-corrected chi connectivity index (χ2v) is 4.53. The summed E-state index contributed by atoms with van der Waals surface area (Å²) in [6, 6.07) is 0.132. The highest BCUT2D eigenvalue weighted by Gasteiger charge is 2.24. The van der Waals surface area contributed by atoms with Gasteiger partial charge in [0.15, 0.2) is 0 Å². The summed E-state index contributed by atoms with van der Waals surface area (Å²) in [4.78, 5) is 10.6. The first-order valence-corrected chi connectivity index (χ1v) is 5.97. The third-order valence-corrected chi connectivity index (χ3v) is 3.37. The topological polar surface area (TPSA) is 49.2 Å². The molecular weight excluding hydrogens is 226 g/mol. The molecule has 0 aliphatic carbocycles. The molecule has 1 aromatic rings. The number of nitrogens with zero attached hydrogens (tertiary/aromatic N) is 3. The van der Waals surface area contributed by atoms with E-state index in [0.29, 0.717) is 11.1 Å². The minimum absolute atomic E-state index is 0.132. The summed E-state index contributed by atoms with van der Waals surface area (Å²) in [5.74, 6) is 0.634. The Balaban J connectivity index is 2.23. The number of aliphatic hydroxyl groups excluding tert-OH is 1. The number of hydrogen-bond acceptors (Lipinski definition) is 4. The summed E-state index contributed by atoms with van der Waals surface area (Å²) >= 11 is 5.98. The number of aliphatic hydroxyl groups is 1. The van der Waals surface area contributed by atoms with Crippen LogP contribution in [0.3, 0.4) is 0 Å². The molecule has 0 bridgehead atoms. The maximum atomic E-state index is 9.32. The molecule has 2 heterocycles. The van der Waals surface area contributed by atoms with Crippen LogP contribution in [0.25, 0.3) is 0 Å². The van der Waals surface area contributed by atoms with Crippen LogP contribution >= 0.6 is 11.6 Å². The van der Waals surface area contributed by atoms with Gasteiger partial charge in [-0.2, -0.15) is 0 Å². The zero-order valence-corrected chi connectivity index (χ0v) is 10.1. The van der Waals surface area contributed by atoms with Crippen molar-refractivity contribution in [3.63, 3.8) is 0 Å². The Bertz CT molecular complexity index is 372. The van der Waals surface area contributed by atoms with Crippen molar-refractivity contribution in [1.82, 2.24) is 9.97 Å². The maximum Gasteiger partial charge on any atom is 0.227 e. The van der Waals surface area contributed by atoms with Gasteiger partial charge in [-0.1, -0.05) is 11.6 Å². The Morgan fingerprint density at radius 1 is 1.56 bits per heavy atom. The van der Waals surface area contributed by atoms with Gasteiger partial charge in [-0.25, -0.2) is 9.97 Å². The van der Waals surface area contributed by atoms with Gasteiger partial charge in [-0.3, -0.25) is 0 Å². The normalized spacial score (nSPS) is 21.2. The van der Waals surface area contributed by atoms with E-state index in [1.165, 1.54) is 0 Å². The molecule has 0 aromatic carbocycles. The highest BCUT2D eigenvalue weighted by molar-refractivity contribution is 6.30. The first kappa shape index (κ1) is 11.6. The van der Waals surface area contributed by atoms with Gasteiger partial charge >= 0.3 is 0 Å². The fraction of sp³-hybridized carbons (Fsp3) is 0.636. The van der Waals surface area contributed by atoms with E-state index < -0.39 is 0 Å². The quantitative estimate of drug-likeness (QED) is 0.802. The Morgan fingerprint density at radius 2 is 2.38 bits per heavy atom. The van der Waals surface area contributed by atoms with E-state index in [2.05, 4.69) is 14.9 Å². The second-order valence-electron chi connectivity index (χ2n) is 4.17. The van der Waals surface area contributed by atoms with Crippen molar-refractivity contribution < 1.29 is 5.11 Å².